The van der Waals surface area contributed by atoms with Gasteiger partial charge in [0.1, 0.15) is 22.1 Å². The fraction of sp³-hybridized carbons (Fsp3) is 0. The van der Waals surface area contributed by atoms with Gasteiger partial charge in [0.25, 0.3) is 0 Å². The van der Waals surface area contributed by atoms with Gasteiger partial charge in [0.15, 0.2) is 0 Å². The number of primary sulfonamides is 1. The fourth-order valence-corrected chi connectivity index (χ4v) is 4.39. The van der Waals surface area contributed by atoms with E-state index in [1.54, 1.807) is 24.3 Å². The Hall–Kier alpha value is -3.31. The lowest BCUT2D eigenvalue weighted by molar-refractivity contribution is 0.536. The van der Waals surface area contributed by atoms with Gasteiger partial charge >= 0.3 is 0 Å². The smallest absolute Gasteiger partial charge is 0.240 e. The Balaban J connectivity index is 1.64. The van der Waals surface area contributed by atoms with Crippen molar-refractivity contribution in [3.05, 3.63) is 90.4 Å². The number of rotatable bonds is 6. The van der Waals surface area contributed by atoms with Crippen LogP contribution in [0.4, 0.5) is 10.1 Å². The molecule has 0 aliphatic heterocycles. The predicted octanol–water partition coefficient (Wildman–Crippen LogP) is 4.16. The molecule has 1 aromatic heterocycles. The molecule has 4 rings (SSSR count). The zero-order valence-electron chi connectivity index (χ0n) is 16.3. The third kappa shape index (κ3) is 4.63. The van der Waals surface area contributed by atoms with E-state index < -0.39 is 37.7 Å². The summed E-state index contributed by atoms with van der Waals surface area (Å²) in [6.07, 6.45) is 2.55. The number of hydrogen-bond donors (Lipinski definition) is 1. The second-order valence-corrected chi connectivity index (χ2v) is 9.14. The number of halogens is 1. The van der Waals surface area contributed by atoms with Crippen LogP contribution in [-0.4, -0.2) is 17.2 Å². The number of nitrogens with two attached hydrogens (primary N) is 1. The molecule has 4 aromatic rings. The summed E-state index contributed by atoms with van der Waals surface area (Å²) in [4.78, 5) is -0.520. The van der Waals surface area contributed by atoms with Crippen molar-refractivity contribution in [2.75, 3.05) is 4.31 Å². The zero-order valence-corrected chi connectivity index (χ0v) is 18.0. The molecule has 0 saturated carbocycles. The van der Waals surface area contributed by atoms with E-state index in [1.807, 2.05) is 30.3 Å². The van der Waals surface area contributed by atoms with Crippen LogP contribution in [0.15, 0.2) is 88.3 Å². The molecule has 0 fully saturated rings. The Morgan fingerprint density at radius 1 is 1.03 bits per heavy atom. The van der Waals surface area contributed by atoms with Crippen LogP contribution in [-0.2, 0) is 21.3 Å². The Labute approximate surface area is 186 Å². The number of para-hydroxylation sites is 1. The number of hydrogen-bond acceptors (Lipinski definition) is 5. The summed E-state index contributed by atoms with van der Waals surface area (Å²) in [6, 6.07) is 19.2. The van der Waals surface area contributed by atoms with E-state index in [0.717, 1.165) is 40.9 Å². The van der Waals surface area contributed by atoms with Crippen molar-refractivity contribution in [3.8, 4) is 11.3 Å². The molecule has 164 valence electrons. The van der Waals surface area contributed by atoms with Gasteiger partial charge in [-0.1, -0.05) is 42.5 Å². The van der Waals surface area contributed by atoms with Crippen molar-refractivity contribution < 1.29 is 26.0 Å². The summed E-state index contributed by atoms with van der Waals surface area (Å²) in [7, 11) is -4.29. The third-order valence-electron chi connectivity index (χ3n) is 4.65. The lowest BCUT2D eigenvalue weighted by Crippen LogP contribution is -2.23. The maximum absolute atomic E-state index is 13.7. The SMILES string of the molecule is NS(=O)(=O)c1ccc(F)cc1N(C=Cc1ccc(-c2cc3ccccc3o2)cc1)S(=O)[O-]. The van der Waals surface area contributed by atoms with E-state index in [4.69, 9.17) is 9.56 Å². The number of fused-ring (bicyclic) bond motifs is 1. The minimum Gasteiger partial charge on any atom is -0.755 e. The molecule has 1 atom stereocenters. The van der Waals surface area contributed by atoms with Crippen molar-refractivity contribution >= 4 is 44.0 Å². The summed E-state index contributed by atoms with van der Waals surface area (Å²) in [5.41, 5.74) is 1.79. The summed E-state index contributed by atoms with van der Waals surface area (Å²) in [6.45, 7) is 0. The average molecular weight is 472 g/mol. The van der Waals surface area contributed by atoms with Crippen molar-refractivity contribution in [3.63, 3.8) is 0 Å². The second kappa shape index (κ2) is 8.67. The third-order valence-corrected chi connectivity index (χ3v) is 6.25. The van der Waals surface area contributed by atoms with Gasteiger partial charge in [-0.25, -0.2) is 17.9 Å². The van der Waals surface area contributed by atoms with Crippen molar-refractivity contribution in [1.82, 2.24) is 0 Å². The van der Waals surface area contributed by atoms with Crippen molar-refractivity contribution in [1.29, 1.82) is 0 Å². The minimum atomic E-state index is -4.29. The van der Waals surface area contributed by atoms with Crippen LogP contribution in [0, 0.1) is 5.82 Å². The van der Waals surface area contributed by atoms with Crippen molar-refractivity contribution in [2.24, 2.45) is 5.14 Å². The van der Waals surface area contributed by atoms with E-state index in [9.17, 15) is 21.6 Å². The molecule has 0 aliphatic carbocycles. The molecule has 0 amide bonds. The average Bonchev–Trinajstić information content (AvgIpc) is 3.17. The van der Waals surface area contributed by atoms with Gasteiger partial charge < -0.3 is 8.97 Å². The van der Waals surface area contributed by atoms with Crippen LogP contribution in [0.5, 0.6) is 0 Å². The van der Waals surface area contributed by atoms with Gasteiger partial charge in [0.05, 0.1) is 17.0 Å². The van der Waals surface area contributed by atoms with Gasteiger partial charge in [0.2, 0.25) is 10.0 Å². The van der Waals surface area contributed by atoms with Crippen LogP contribution in [0.3, 0.4) is 0 Å². The first-order valence-corrected chi connectivity index (χ1v) is 11.8. The maximum atomic E-state index is 13.7. The monoisotopic (exact) mass is 471 g/mol. The first-order valence-electron chi connectivity index (χ1n) is 9.20. The number of furan rings is 1. The van der Waals surface area contributed by atoms with Crippen LogP contribution in [0.25, 0.3) is 28.4 Å². The zero-order chi connectivity index (χ0) is 22.9. The summed E-state index contributed by atoms with van der Waals surface area (Å²) in [5.74, 6) is -0.131. The normalized spacial score (nSPS) is 13.0. The Bertz CT molecular complexity index is 1410. The number of anilines is 1. The van der Waals surface area contributed by atoms with E-state index in [2.05, 4.69) is 0 Å². The molecule has 0 spiro atoms. The van der Waals surface area contributed by atoms with Gasteiger partial charge in [-0.3, -0.25) is 8.51 Å². The minimum absolute atomic E-state index is 0.420. The lowest BCUT2D eigenvalue weighted by Gasteiger charge is -2.24. The quantitative estimate of drug-likeness (QED) is 0.424. The van der Waals surface area contributed by atoms with E-state index >= 15 is 0 Å². The largest absolute Gasteiger partial charge is 0.755 e. The lowest BCUT2D eigenvalue weighted by atomic mass is 10.1. The van der Waals surface area contributed by atoms with Gasteiger partial charge in [-0.2, -0.15) is 0 Å². The molecule has 3 aromatic carbocycles. The molecule has 2 N–H and O–H groups in total. The highest BCUT2D eigenvalue weighted by molar-refractivity contribution is 7.89. The Morgan fingerprint density at radius 2 is 1.75 bits per heavy atom. The number of sulfonamides is 1. The molecule has 1 unspecified atom stereocenters. The topological polar surface area (TPSA) is 117 Å². The molecule has 0 radical (unpaired) electrons. The van der Waals surface area contributed by atoms with E-state index in [0.29, 0.717) is 15.6 Å². The number of nitrogens with zero attached hydrogens (tertiary/aromatic N) is 1. The van der Waals surface area contributed by atoms with Gasteiger partial charge in [0, 0.05) is 17.1 Å². The highest BCUT2D eigenvalue weighted by Crippen LogP contribution is 2.29. The van der Waals surface area contributed by atoms with Gasteiger partial charge in [-0.05, 0) is 42.0 Å². The molecule has 0 aliphatic rings. The molecule has 0 saturated heterocycles. The van der Waals surface area contributed by atoms with E-state index in [1.165, 1.54) is 6.08 Å². The molecular weight excluding hydrogens is 455 g/mol. The van der Waals surface area contributed by atoms with Crippen LogP contribution in [0.1, 0.15) is 5.56 Å². The van der Waals surface area contributed by atoms with Crippen LogP contribution in [0.2, 0.25) is 0 Å². The highest BCUT2D eigenvalue weighted by atomic mass is 32.2. The summed E-state index contributed by atoms with van der Waals surface area (Å²) in [5, 5.41) is 6.11. The Morgan fingerprint density at radius 3 is 2.41 bits per heavy atom. The first-order chi connectivity index (χ1) is 15.2. The van der Waals surface area contributed by atoms with Gasteiger partial charge in [-0.15, -0.1) is 0 Å². The molecule has 1 heterocycles. The number of benzene rings is 3. The standard InChI is InChI=1S/C22H17FN2O5S2/c23-18-9-10-22(32(24,28)29)19(14-18)25(31(26)27)12-11-15-5-7-16(8-6-15)21-13-17-3-1-2-4-20(17)30-21/h1-14H,(H,26,27)(H2,24,28,29)/p-1. The molecule has 32 heavy (non-hydrogen) atoms. The van der Waals surface area contributed by atoms with Crippen molar-refractivity contribution in [2.45, 2.75) is 4.90 Å². The van der Waals surface area contributed by atoms with Crippen LogP contribution >= 0.6 is 0 Å². The molecule has 10 heteroatoms. The predicted molar refractivity (Wildman–Crippen MR) is 120 cm³/mol. The first kappa shape index (κ1) is 21.9. The molecule has 7 nitrogen and oxygen atoms in total. The molecule has 0 bridgehead atoms. The Kier molecular flexibility index (Phi) is 5.94. The summed E-state index contributed by atoms with van der Waals surface area (Å²) < 4.78 is 67.2. The van der Waals surface area contributed by atoms with Crippen LogP contribution < -0.4 is 9.44 Å². The summed E-state index contributed by atoms with van der Waals surface area (Å²) >= 11 is -2.93. The highest BCUT2D eigenvalue weighted by Gasteiger charge is 2.19. The fourth-order valence-electron chi connectivity index (χ4n) is 3.15. The maximum Gasteiger partial charge on any atom is 0.240 e. The van der Waals surface area contributed by atoms with E-state index in [-0.39, 0.29) is 0 Å². The second-order valence-electron chi connectivity index (χ2n) is 6.79. The molecular formula is C22H16FN2O5S2-.